The smallest absolute Gasteiger partial charge is 0.183 e. The molecule has 1 aromatic heterocycles. The second-order valence-corrected chi connectivity index (χ2v) is 8.54. The lowest BCUT2D eigenvalue weighted by Gasteiger charge is -2.29. The molecule has 26 heavy (non-hydrogen) atoms. The first-order valence-electron chi connectivity index (χ1n) is 10.0. The molecule has 1 aromatic carbocycles. The molecule has 140 valence electrons. The second kappa shape index (κ2) is 8.40. The van der Waals surface area contributed by atoms with Crippen molar-refractivity contribution < 1.29 is 4.74 Å². The number of hydrogen-bond acceptors (Lipinski definition) is 5. The quantitative estimate of drug-likeness (QED) is 0.722. The number of thiazole rings is 1. The number of anilines is 1. The summed E-state index contributed by atoms with van der Waals surface area (Å²) >= 11 is 1.81. The van der Waals surface area contributed by atoms with E-state index in [1.165, 1.54) is 43.5 Å². The Balaban J connectivity index is 1.38. The molecule has 0 radical (unpaired) electrons. The molecule has 1 aliphatic carbocycles. The highest BCUT2D eigenvalue weighted by Gasteiger charge is 2.24. The van der Waals surface area contributed by atoms with E-state index < -0.39 is 0 Å². The Morgan fingerprint density at radius 1 is 1.19 bits per heavy atom. The van der Waals surface area contributed by atoms with Gasteiger partial charge in [-0.1, -0.05) is 19.1 Å². The van der Waals surface area contributed by atoms with Crippen molar-refractivity contribution in [3.8, 4) is 17.0 Å². The van der Waals surface area contributed by atoms with Gasteiger partial charge >= 0.3 is 0 Å². The van der Waals surface area contributed by atoms with Gasteiger partial charge in [-0.15, -0.1) is 11.3 Å². The largest absolute Gasteiger partial charge is 0.493 e. The van der Waals surface area contributed by atoms with Gasteiger partial charge in [0.15, 0.2) is 5.13 Å². The maximum Gasteiger partial charge on any atom is 0.183 e. The molecular weight excluding hydrogens is 342 g/mol. The van der Waals surface area contributed by atoms with Gasteiger partial charge in [-0.2, -0.15) is 0 Å². The van der Waals surface area contributed by atoms with Gasteiger partial charge in [-0.25, -0.2) is 4.98 Å². The van der Waals surface area contributed by atoms with E-state index in [-0.39, 0.29) is 0 Å². The van der Waals surface area contributed by atoms with Crippen LogP contribution in [0.3, 0.4) is 0 Å². The summed E-state index contributed by atoms with van der Waals surface area (Å²) in [5.74, 6) is 1.81. The van der Waals surface area contributed by atoms with Gasteiger partial charge in [0, 0.05) is 22.9 Å². The first kappa shape index (κ1) is 17.8. The maximum atomic E-state index is 5.87. The topological polar surface area (TPSA) is 46.2 Å². The molecule has 2 aromatic rings. The van der Waals surface area contributed by atoms with Crippen molar-refractivity contribution in [2.75, 3.05) is 25.0 Å². The summed E-state index contributed by atoms with van der Waals surface area (Å²) in [7, 11) is 0. The predicted octanol–water partition coefficient (Wildman–Crippen LogP) is 4.72. The first-order chi connectivity index (χ1) is 12.8. The van der Waals surface area contributed by atoms with Gasteiger partial charge in [0.05, 0.1) is 12.3 Å². The van der Waals surface area contributed by atoms with Crippen LogP contribution in [0.1, 0.15) is 43.9 Å². The van der Waals surface area contributed by atoms with E-state index in [1.807, 2.05) is 23.5 Å². The van der Waals surface area contributed by atoms with Crippen molar-refractivity contribution in [2.24, 2.45) is 5.92 Å². The Labute approximate surface area is 160 Å². The summed E-state index contributed by atoms with van der Waals surface area (Å²) in [6, 6.07) is 8.84. The standard InChI is InChI=1S/C21H29N3OS/c1-2-12-22-14-15-7-9-16(10-8-15)23-21-24-20-17-5-3-4-6-18(17)25-13-11-19(20)26-21/h3-6,15-16,22H,2,7-14H2,1H3,(H,23,24). The van der Waals surface area contributed by atoms with E-state index >= 15 is 0 Å². The summed E-state index contributed by atoms with van der Waals surface area (Å²) in [5.41, 5.74) is 2.25. The highest BCUT2D eigenvalue weighted by atomic mass is 32.1. The summed E-state index contributed by atoms with van der Waals surface area (Å²) in [6.07, 6.45) is 7.30. The van der Waals surface area contributed by atoms with Crippen LogP contribution in [0.5, 0.6) is 5.75 Å². The van der Waals surface area contributed by atoms with Gasteiger partial charge < -0.3 is 15.4 Å². The van der Waals surface area contributed by atoms with Crippen LogP contribution in [0.25, 0.3) is 11.3 Å². The molecule has 1 saturated carbocycles. The molecule has 0 amide bonds. The summed E-state index contributed by atoms with van der Waals surface area (Å²) in [5, 5.41) is 8.38. The summed E-state index contributed by atoms with van der Waals surface area (Å²) < 4.78 is 5.87. The average molecular weight is 372 g/mol. The van der Waals surface area contributed by atoms with Crippen LogP contribution in [0.4, 0.5) is 5.13 Å². The average Bonchev–Trinajstić information content (AvgIpc) is 2.98. The Morgan fingerprint density at radius 3 is 2.88 bits per heavy atom. The molecule has 1 aliphatic heterocycles. The van der Waals surface area contributed by atoms with Crippen molar-refractivity contribution in [3.05, 3.63) is 29.1 Å². The normalized spacial score (nSPS) is 22.0. The van der Waals surface area contributed by atoms with E-state index in [4.69, 9.17) is 9.72 Å². The van der Waals surface area contributed by atoms with Crippen LogP contribution in [-0.4, -0.2) is 30.7 Å². The number of fused-ring (bicyclic) bond motifs is 3. The highest BCUT2D eigenvalue weighted by Crippen LogP contribution is 2.39. The second-order valence-electron chi connectivity index (χ2n) is 7.45. The molecule has 0 atom stereocenters. The third-order valence-electron chi connectivity index (χ3n) is 5.46. The Hall–Kier alpha value is -1.59. The minimum absolute atomic E-state index is 0.568. The van der Waals surface area contributed by atoms with Crippen molar-refractivity contribution >= 4 is 16.5 Å². The number of para-hydroxylation sites is 1. The molecule has 5 heteroatoms. The molecule has 2 N–H and O–H groups in total. The van der Waals surface area contributed by atoms with Crippen molar-refractivity contribution in [1.82, 2.24) is 10.3 Å². The van der Waals surface area contributed by atoms with Crippen LogP contribution < -0.4 is 15.4 Å². The number of hydrogen-bond donors (Lipinski definition) is 2. The van der Waals surface area contributed by atoms with Gasteiger partial charge in [-0.3, -0.25) is 0 Å². The molecule has 1 fully saturated rings. The molecule has 2 heterocycles. The predicted molar refractivity (Wildman–Crippen MR) is 109 cm³/mol. The monoisotopic (exact) mass is 371 g/mol. The zero-order chi connectivity index (χ0) is 17.8. The van der Waals surface area contributed by atoms with Crippen LogP contribution in [0.2, 0.25) is 0 Å². The fourth-order valence-corrected chi connectivity index (χ4v) is 5.04. The molecule has 0 spiro atoms. The first-order valence-corrected chi connectivity index (χ1v) is 10.8. The Bertz CT molecular complexity index is 722. The number of nitrogens with one attached hydrogen (secondary N) is 2. The summed E-state index contributed by atoms with van der Waals surface area (Å²) in [6.45, 7) is 5.30. The lowest BCUT2D eigenvalue weighted by molar-refractivity contribution is 0.325. The van der Waals surface area contributed by atoms with Gasteiger partial charge in [0.25, 0.3) is 0 Å². The van der Waals surface area contributed by atoms with Crippen molar-refractivity contribution in [1.29, 1.82) is 0 Å². The fourth-order valence-electron chi connectivity index (χ4n) is 4.00. The van der Waals surface area contributed by atoms with Crippen LogP contribution in [0, 0.1) is 5.92 Å². The van der Waals surface area contributed by atoms with Crippen LogP contribution in [0.15, 0.2) is 24.3 Å². The zero-order valence-corrected chi connectivity index (χ0v) is 16.4. The van der Waals surface area contributed by atoms with E-state index in [1.54, 1.807) is 0 Å². The third-order valence-corrected chi connectivity index (χ3v) is 6.51. The number of ether oxygens (including phenoxy) is 1. The zero-order valence-electron chi connectivity index (χ0n) is 15.6. The number of aromatic nitrogens is 1. The van der Waals surface area contributed by atoms with E-state index in [0.29, 0.717) is 6.04 Å². The van der Waals surface area contributed by atoms with E-state index in [9.17, 15) is 0 Å². The fraction of sp³-hybridized carbons (Fsp3) is 0.571. The van der Waals surface area contributed by atoms with Gasteiger partial charge in [0.2, 0.25) is 0 Å². The maximum absolute atomic E-state index is 5.87. The molecule has 2 aliphatic rings. The van der Waals surface area contributed by atoms with Gasteiger partial charge in [-0.05, 0) is 63.2 Å². The van der Waals surface area contributed by atoms with E-state index in [0.717, 1.165) is 47.6 Å². The number of nitrogens with zero attached hydrogens (tertiary/aromatic N) is 1. The highest BCUT2D eigenvalue weighted by molar-refractivity contribution is 7.16. The SMILES string of the molecule is CCCNCC1CCC(Nc2nc3c(s2)CCOc2ccccc2-3)CC1. The number of benzene rings is 1. The molecule has 4 rings (SSSR count). The summed E-state index contributed by atoms with van der Waals surface area (Å²) in [4.78, 5) is 6.28. The van der Waals surface area contributed by atoms with Crippen LogP contribution in [-0.2, 0) is 6.42 Å². The lowest BCUT2D eigenvalue weighted by Crippen LogP contribution is -2.31. The van der Waals surface area contributed by atoms with Crippen LogP contribution >= 0.6 is 11.3 Å². The van der Waals surface area contributed by atoms with Gasteiger partial charge in [0.1, 0.15) is 5.75 Å². The Morgan fingerprint density at radius 2 is 2.04 bits per heavy atom. The molecule has 0 unspecified atom stereocenters. The van der Waals surface area contributed by atoms with Crippen molar-refractivity contribution in [3.63, 3.8) is 0 Å². The molecular formula is C21H29N3OS. The molecule has 0 bridgehead atoms. The molecule has 0 saturated heterocycles. The Kier molecular flexibility index (Phi) is 5.75. The van der Waals surface area contributed by atoms with E-state index in [2.05, 4.69) is 29.7 Å². The lowest BCUT2D eigenvalue weighted by atomic mass is 9.86. The molecule has 4 nitrogen and oxygen atoms in total. The minimum atomic E-state index is 0.568. The minimum Gasteiger partial charge on any atom is -0.493 e. The number of rotatable bonds is 6. The van der Waals surface area contributed by atoms with Crippen molar-refractivity contribution in [2.45, 2.75) is 51.5 Å². The third kappa shape index (κ3) is 4.04.